The SMILES string of the molecule is O=C(O)NCCCCOc1ccc([N+](=O)[O-])cc1. The first-order chi connectivity index (χ1) is 8.59. The van der Waals surface area contributed by atoms with Crippen LogP contribution < -0.4 is 10.1 Å². The van der Waals surface area contributed by atoms with E-state index in [9.17, 15) is 14.9 Å². The van der Waals surface area contributed by atoms with E-state index >= 15 is 0 Å². The first-order valence-electron chi connectivity index (χ1n) is 5.43. The maximum Gasteiger partial charge on any atom is 0.404 e. The fourth-order valence-corrected chi connectivity index (χ4v) is 1.28. The van der Waals surface area contributed by atoms with Crippen LogP contribution in [0.2, 0.25) is 0 Å². The summed E-state index contributed by atoms with van der Waals surface area (Å²) in [6, 6.07) is 5.82. The molecule has 0 atom stereocenters. The summed E-state index contributed by atoms with van der Waals surface area (Å²) in [5, 5.41) is 21.0. The number of benzene rings is 1. The largest absolute Gasteiger partial charge is 0.494 e. The third-order valence-electron chi connectivity index (χ3n) is 2.16. The van der Waals surface area contributed by atoms with Crippen molar-refractivity contribution < 1.29 is 19.6 Å². The zero-order chi connectivity index (χ0) is 13.4. The van der Waals surface area contributed by atoms with Crippen molar-refractivity contribution in [2.75, 3.05) is 13.2 Å². The van der Waals surface area contributed by atoms with E-state index in [0.717, 1.165) is 0 Å². The predicted molar refractivity (Wildman–Crippen MR) is 63.9 cm³/mol. The van der Waals surface area contributed by atoms with Gasteiger partial charge < -0.3 is 15.2 Å². The number of nitrogens with one attached hydrogen (secondary N) is 1. The fourth-order valence-electron chi connectivity index (χ4n) is 1.28. The van der Waals surface area contributed by atoms with Crippen LogP contribution in [0.3, 0.4) is 0 Å². The molecule has 1 aromatic carbocycles. The Morgan fingerprint density at radius 3 is 2.56 bits per heavy atom. The molecule has 0 unspecified atom stereocenters. The van der Waals surface area contributed by atoms with Crippen molar-refractivity contribution in [2.45, 2.75) is 12.8 Å². The molecule has 1 amide bonds. The van der Waals surface area contributed by atoms with Gasteiger partial charge in [0.2, 0.25) is 0 Å². The second kappa shape index (κ2) is 7.10. The Balaban J connectivity index is 2.19. The number of carbonyl (C=O) groups is 1. The van der Waals surface area contributed by atoms with Crippen LogP contribution in [0.4, 0.5) is 10.5 Å². The highest BCUT2D eigenvalue weighted by molar-refractivity contribution is 5.64. The standard InChI is InChI=1S/C11H14N2O5/c14-11(15)12-7-1-2-8-18-10-5-3-9(4-6-10)13(16)17/h3-6,12H,1-2,7-8H2,(H,14,15). The number of nitro groups is 1. The van der Waals surface area contributed by atoms with Crippen LogP contribution in [-0.4, -0.2) is 29.3 Å². The molecule has 0 bridgehead atoms. The predicted octanol–water partition coefficient (Wildman–Crippen LogP) is 2.02. The molecule has 98 valence electrons. The minimum absolute atomic E-state index is 0.0213. The van der Waals surface area contributed by atoms with Gasteiger partial charge in [-0.15, -0.1) is 0 Å². The Labute approximate surface area is 104 Å². The van der Waals surface area contributed by atoms with Crippen molar-refractivity contribution in [3.05, 3.63) is 34.4 Å². The Bertz CT molecular complexity index is 404. The maximum absolute atomic E-state index is 10.4. The first kappa shape index (κ1) is 13.8. The van der Waals surface area contributed by atoms with Crippen LogP contribution in [0.1, 0.15) is 12.8 Å². The number of amides is 1. The average molecular weight is 254 g/mol. The van der Waals surface area contributed by atoms with Gasteiger partial charge in [0, 0.05) is 18.7 Å². The molecule has 7 nitrogen and oxygen atoms in total. The van der Waals surface area contributed by atoms with Gasteiger partial charge in [0.15, 0.2) is 0 Å². The van der Waals surface area contributed by atoms with E-state index in [-0.39, 0.29) is 5.69 Å². The van der Waals surface area contributed by atoms with Crippen molar-refractivity contribution in [1.82, 2.24) is 5.32 Å². The molecule has 1 rings (SSSR count). The number of ether oxygens (including phenoxy) is 1. The van der Waals surface area contributed by atoms with E-state index < -0.39 is 11.0 Å². The molecule has 0 fully saturated rings. The molecular formula is C11H14N2O5. The van der Waals surface area contributed by atoms with Gasteiger partial charge in [-0.3, -0.25) is 10.1 Å². The molecule has 0 saturated carbocycles. The Hall–Kier alpha value is -2.31. The molecule has 0 aliphatic carbocycles. The van der Waals surface area contributed by atoms with Crippen LogP contribution in [-0.2, 0) is 0 Å². The number of nitrogens with zero attached hydrogens (tertiary/aromatic N) is 1. The lowest BCUT2D eigenvalue weighted by Gasteiger charge is -2.05. The number of rotatable bonds is 7. The van der Waals surface area contributed by atoms with E-state index in [0.29, 0.717) is 31.7 Å². The molecule has 0 saturated heterocycles. The molecule has 1 aromatic rings. The topological polar surface area (TPSA) is 102 Å². The molecule has 18 heavy (non-hydrogen) atoms. The average Bonchev–Trinajstić information content (AvgIpc) is 2.34. The number of hydrogen-bond donors (Lipinski definition) is 2. The lowest BCUT2D eigenvalue weighted by Crippen LogP contribution is -2.22. The monoisotopic (exact) mass is 254 g/mol. The summed E-state index contributed by atoms with van der Waals surface area (Å²) in [7, 11) is 0. The second-order valence-electron chi connectivity index (χ2n) is 3.54. The van der Waals surface area contributed by atoms with Crippen molar-refractivity contribution in [1.29, 1.82) is 0 Å². The maximum atomic E-state index is 10.4. The Morgan fingerprint density at radius 2 is 2.00 bits per heavy atom. The molecule has 0 aliphatic rings. The Kier molecular flexibility index (Phi) is 5.43. The highest BCUT2D eigenvalue weighted by Crippen LogP contribution is 2.17. The van der Waals surface area contributed by atoms with Crippen LogP contribution in [0.25, 0.3) is 0 Å². The van der Waals surface area contributed by atoms with Crippen molar-refractivity contribution >= 4 is 11.8 Å². The smallest absolute Gasteiger partial charge is 0.404 e. The van der Waals surface area contributed by atoms with E-state index in [1.165, 1.54) is 24.3 Å². The molecular weight excluding hydrogens is 240 g/mol. The van der Waals surface area contributed by atoms with E-state index in [1.54, 1.807) is 0 Å². The van der Waals surface area contributed by atoms with Crippen molar-refractivity contribution in [3.63, 3.8) is 0 Å². The van der Waals surface area contributed by atoms with E-state index in [4.69, 9.17) is 9.84 Å². The van der Waals surface area contributed by atoms with Crippen LogP contribution in [0.15, 0.2) is 24.3 Å². The summed E-state index contributed by atoms with van der Waals surface area (Å²) < 4.78 is 5.35. The summed E-state index contributed by atoms with van der Waals surface area (Å²) in [6.45, 7) is 0.831. The minimum atomic E-state index is -1.04. The number of nitro benzene ring substituents is 1. The molecule has 0 aliphatic heterocycles. The van der Waals surface area contributed by atoms with Gasteiger partial charge in [0.05, 0.1) is 11.5 Å². The van der Waals surface area contributed by atoms with Crippen molar-refractivity contribution in [2.24, 2.45) is 0 Å². The fraction of sp³-hybridized carbons (Fsp3) is 0.364. The second-order valence-corrected chi connectivity index (χ2v) is 3.54. The normalized spacial score (nSPS) is 9.78. The highest BCUT2D eigenvalue weighted by atomic mass is 16.6. The minimum Gasteiger partial charge on any atom is -0.494 e. The zero-order valence-electron chi connectivity index (χ0n) is 9.67. The Morgan fingerprint density at radius 1 is 1.33 bits per heavy atom. The lowest BCUT2D eigenvalue weighted by molar-refractivity contribution is -0.384. The highest BCUT2D eigenvalue weighted by Gasteiger charge is 2.03. The molecule has 7 heteroatoms. The van der Waals surface area contributed by atoms with Crippen molar-refractivity contribution in [3.8, 4) is 5.75 Å². The van der Waals surface area contributed by atoms with E-state index in [1.807, 2.05) is 0 Å². The van der Waals surface area contributed by atoms with Gasteiger partial charge in [-0.1, -0.05) is 0 Å². The van der Waals surface area contributed by atoms with Crippen LogP contribution >= 0.6 is 0 Å². The third-order valence-corrected chi connectivity index (χ3v) is 2.16. The molecule has 0 radical (unpaired) electrons. The summed E-state index contributed by atoms with van der Waals surface area (Å²) >= 11 is 0. The summed E-state index contributed by atoms with van der Waals surface area (Å²) in [6.07, 6.45) is 0.350. The number of non-ortho nitro benzene ring substituents is 1. The molecule has 2 N–H and O–H groups in total. The number of unbranched alkanes of at least 4 members (excludes halogenated alkanes) is 1. The van der Waals surface area contributed by atoms with Gasteiger partial charge in [-0.25, -0.2) is 4.79 Å². The van der Waals surface area contributed by atoms with E-state index in [2.05, 4.69) is 5.32 Å². The van der Waals surface area contributed by atoms with Gasteiger partial charge in [-0.2, -0.15) is 0 Å². The number of carboxylic acid groups (broad SMARTS) is 1. The molecule has 0 heterocycles. The summed E-state index contributed by atoms with van der Waals surface area (Å²) in [5.41, 5.74) is 0.0213. The third kappa shape index (κ3) is 5.15. The lowest BCUT2D eigenvalue weighted by atomic mass is 10.3. The van der Waals surface area contributed by atoms with Gasteiger partial charge >= 0.3 is 6.09 Å². The van der Waals surface area contributed by atoms with Gasteiger partial charge in [-0.05, 0) is 25.0 Å². The molecule has 0 spiro atoms. The summed E-state index contributed by atoms with van der Waals surface area (Å²) in [5.74, 6) is 0.562. The first-order valence-corrected chi connectivity index (χ1v) is 5.43. The zero-order valence-corrected chi connectivity index (χ0v) is 9.67. The summed E-state index contributed by atoms with van der Waals surface area (Å²) in [4.78, 5) is 20.1. The van der Waals surface area contributed by atoms with Gasteiger partial charge in [0.25, 0.3) is 5.69 Å². The number of hydrogen-bond acceptors (Lipinski definition) is 4. The van der Waals surface area contributed by atoms with Gasteiger partial charge in [0.1, 0.15) is 5.75 Å². The molecule has 0 aromatic heterocycles. The quantitative estimate of drug-likeness (QED) is 0.440. The van der Waals surface area contributed by atoms with Crippen LogP contribution in [0.5, 0.6) is 5.75 Å². The van der Waals surface area contributed by atoms with Crippen LogP contribution in [0, 0.1) is 10.1 Å².